The second-order valence-electron chi connectivity index (χ2n) is 9.80. The third-order valence-electron chi connectivity index (χ3n) is 7.00. The van der Waals surface area contributed by atoms with Gasteiger partial charge in [0.2, 0.25) is 0 Å². The number of amides is 2. The summed E-state index contributed by atoms with van der Waals surface area (Å²) in [6, 6.07) is 22.4. The predicted octanol–water partition coefficient (Wildman–Crippen LogP) is 5.45. The van der Waals surface area contributed by atoms with Crippen molar-refractivity contribution in [2.45, 2.75) is 44.7 Å². The number of hydrogen-bond acceptors (Lipinski definition) is 4. The first-order chi connectivity index (χ1) is 18.4. The molecule has 2 amide bonds. The normalized spacial score (nSPS) is 16.6. The third-order valence-corrected chi connectivity index (χ3v) is 7.24. The van der Waals surface area contributed by atoms with E-state index in [2.05, 4.69) is 23.6 Å². The van der Waals surface area contributed by atoms with Gasteiger partial charge in [0.1, 0.15) is 0 Å². The number of nitrogens with zero attached hydrogens (tertiary/aromatic N) is 2. The van der Waals surface area contributed by atoms with Crippen molar-refractivity contribution >= 4 is 23.4 Å². The molecular formula is C31H33ClN4O2. The van der Waals surface area contributed by atoms with Gasteiger partial charge in [0, 0.05) is 41.8 Å². The Morgan fingerprint density at radius 1 is 1.11 bits per heavy atom. The number of carbonyl (C=O) groups is 2. The zero-order chi connectivity index (χ0) is 27.1. The van der Waals surface area contributed by atoms with Crippen molar-refractivity contribution < 1.29 is 9.59 Å². The number of rotatable bonds is 9. The zero-order valence-corrected chi connectivity index (χ0v) is 22.6. The monoisotopic (exact) mass is 528 g/mol. The number of hydrogen-bond donors (Lipinski definition) is 2. The Morgan fingerprint density at radius 2 is 1.89 bits per heavy atom. The van der Waals surface area contributed by atoms with Crippen molar-refractivity contribution in [1.29, 1.82) is 5.26 Å². The van der Waals surface area contributed by atoms with E-state index in [1.54, 1.807) is 42.3 Å². The Kier molecular flexibility index (Phi) is 9.17. The lowest BCUT2D eigenvalue weighted by molar-refractivity contribution is 0.0793. The number of halogens is 1. The van der Waals surface area contributed by atoms with Crippen LogP contribution in [-0.2, 0) is 6.42 Å². The highest BCUT2D eigenvalue weighted by Crippen LogP contribution is 2.27. The lowest BCUT2D eigenvalue weighted by atomic mass is 9.95. The van der Waals surface area contributed by atoms with Crippen LogP contribution in [0.3, 0.4) is 0 Å². The van der Waals surface area contributed by atoms with E-state index in [1.165, 1.54) is 0 Å². The average Bonchev–Trinajstić information content (AvgIpc) is 3.36. The summed E-state index contributed by atoms with van der Waals surface area (Å²) >= 11 is 6.17. The molecule has 0 aliphatic carbocycles. The number of nitriles is 1. The molecule has 196 valence electrons. The summed E-state index contributed by atoms with van der Waals surface area (Å²) in [5, 5.41) is 17.0. The minimum absolute atomic E-state index is 0.0667. The molecule has 4 rings (SSSR count). The van der Waals surface area contributed by atoms with Gasteiger partial charge in [-0.1, -0.05) is 55.3 Å². The lowest BCUT2D eigenvalue weighted by Crippen LogP contribution is -2.44. The SMILES string of the molecule is CCCCN(C)C(=O)c1cc(C(=O)N[C@@H]2CCN[C@H]2Cc2cccc(Cl)c2)cc(-c2ccccc2C#N)c1. The number of benzene rings is 3. The molecule has 3 aromatic carbocycles. The Morgan fingerprint density at radius 3 is 2.66 bits per heavy atom. The summed E-state index contributed by atoms with van der Waals surface area (Å²) in [4.78, 5) is 28.5. The van der Waals surface area contributed by atoms with Crippen molar-refractivity contribution in [2.24, 2.45) is 0 Å². The van der Waals surface area contributed by atoms with E-state index in [-0.39, 0.29) is 23.9 Å². The molecule has 0 aromatic heterocycles. The van der Waals surface area contributed by atoms with Crippen molar-refractivity contribution in [3.63, 3.8) is 0 Å². The van der Waals surface area contributed by atoms with Gasteiger partial charge in [0.05, 0.1) is 11.6 Å². The first kappa shape index (κ1) is 27.4. The van der Waals surface area contributed by atoms with Crippen molar-refractivity contribution in [1.82, 2.24) is 15.5 Å². The van der Waals surface area contributed by atoms with Crippen LogP contribution < -0.4 is 10.6 Å². The van der Waals surface area contributed by atoms with Crippen molar-refractivity contribution in [3.05, 3.63) is 94.0 Å². The third kappa shape index (κ3) is 6.61. The van der Waals surface area contributed by atoms with E-state index in [0.29, 0.717) is 39.4 Å². The molecule has 1 saturated heterocycles. The van der Waals surface area contributed by atoms with Crippen LogP contribution in [0.4, 0.5) is 0 Å². The maximum Gasteiger partial charge on any atom is 0.253 e. The molecular weight excluding hydrogens is 496 g/mol. The van der Waals surface area contributed by atoms with E-state index < -0.39 is 0 Å². The second-order valence-corrected chi connectivity index (χ2v) is 10.2. The fourth-order valence-electron chi connectivity index (χ4n) is 4.91. The molecule has 1 heterocycles. The highest BCUT2D eigenvalue weighted by molar-refractivity contribution is 6.30. The highest BCUT2D eigenvalue weighted by Gasteiger charge is 2.29. The van der Waals surface area contributed by atoms with Gasteiger partial charge in [-0.2, -0.15) is 5.26 Å². The molecule has 6 nitrogen and oxygen atoms in total. The van der Waals surface area contributed by atoms with Gasteiger partial charge in [-0.25, -0.2) is 0 Å². The summed E-state index contributed by atoms with van der Waals surface area (Å²) in [7, 11) is 1.78. The molecule has 1 aliphatic rings. The van der Waals surface area contributed by atoms with Crippen LogP contribution >= 0.6 is 11.6 Å². The van der Waals surface area contributed by atoms with Crippen LogP contribution in [0.15, 0.2) is 66.7 Å². The standard InChI is InChI=1S/C31H33ClN4O2/c1-3-4-14-36(2)31(38)25-18-23(27-11-6-5-9-22(27)20-33)17-24(19-25)30(37)35-28-12-13-34-29(28)16-21-8-7-10-26(32)15-21/h5-11,15,17-19,28-29,34H,3-4,12-14,16H2,1-2H3,(H,35,37)/t28-,29+/m1/s1. The van der Waals surface area contributed by atoms with Crippen LogP contribution in [0, 0.1) is 11.3 Å². The molecule has 1 fully saturated rings. The van der Waals surface area contributed by atoms with E-state index in [0.717, 1.165) is 37.8 Å². The summed E-state index contributed by atoms with van der Waals surface area (Å²) in [6.45, 7) is 3.52. The maximum absolute atomic E-state index is 13.6. The van der Waals surface area contributed by atoms with Gasteiger partial charge < -0.3 is 15.5 Å². The molecule has 7 heteroatoms. The smallest absolute Gasteiger partial charge is 0.253 e. The number of nitrogens with one attached hydrogen (secondary N) is 2. The van der Waals surface area contributed by atoms with E-state index in [9.17, 15) is 14.9 Å². The number of carbonyl (C=O) groups excluding carboxylic acids is 2. The first-order valence-corrected chi connectivity index (χ1v) is 13.5. The molecule has 0 saturated carbocycles. The lowest BCUT2D eigenvalue weighted by Gasteiger charge is -2.22. The second kappa shape index (κ2) is 12.7. The topological polar surface area (TPSA) is 85.2 Å². The summed E-state index contributed by atoms with van der Waals surface area (Å²) < 4.78 is 0. The predicted molar refractivity (Wildman–Crippen MR) is 151 cm³/mol. The van der Waals surface area contributed by atoms with Gasteiger partial charge in [-0.05, 0) is 78.9 Å². The fourth-order valence-corrected chi connectivity index (χ4v) is 5.12. The maximum atomic E-state index is 13.6. The molecule has 0 spiro atoms. The van der Waals surface area contributed by atoms with Gasteiger partial charge >= 0.3 is 0 Å². The summed E-state index contributed by atoms with van der Waals surface area (Å²) in [5.74, 6) is -0.388. The van der Waals surface area contributed by atoms with Crippen LogP contribution in [0.25, 0.3) is 11.1 Å². The Balaban J connectivity index is 1.62. The molecule has 0 radical (unpaired) electrons. The fraction of sp³-hybridized carbons (Fsp3) is 0.323. The molecule has 2 N–H and O–H groups in total. The summed E-state index contributed by atoms with van der Waals surface area (Å²) in [5.41, 5.74) is 3.78. The van der Waals surface area contributed by atoms with E-state index in [1.807, 2.05) is 36.4 Å². The Labute approximate surface area is 229 Å². The summed E-state index contributed by atoms with van der Waals surface area (Å²) in [6.07, 6.45) is 3.42. The van der Waals surface area contributed by atoms with Gasteiger partial charge in [-0.15, -0.1) is 0 Å². The largest absolute Gasteiger partial charge is 0.348 e. The highest BCUT2D eigenvalue weighted by atomic mass is 35.5. The quantitative estimate of drug-likeness (QED) is 0.386. The average molecular weight is 529 g/mol. The molecule has 1 aliphatic heterocycles. The van der Waals surface area contributed by atoms with Crippen LogP contribution in [0.5, 0.6) is 0 Å². The van der Waals surface area contributed by atoms with Crippen molar-refractivity contribution in [3.8, 4) is 17.2 Å². The van der Waals surface area contributed by atoms with Crippen LogP contribution in [0.2, 0.25) is 5.02 Å². The first-order valence-electron chi connectivity index (χ1n) is 13.1. The number of unbranched alkanes of at least 4 members (excludes halogenated alkanes) is 1. The molecule has 0 bridgehead atoms. The van der Waals surface area contributed by atoms with E-state index in [4.69, 9.17) is 11.6 Å². The minimum atomic E-state index is -0.239. The van der Waals surface area contributed by atoms with Crippen LogP contribution in [0.1, 0.15) is 58.0 Å². The molecule has 0 unspecified atom stereocenters. The molecule has 38 heavy (non-hydrogen) atoms. The Hall–Kier alpha value is -3.66. The van der Waals surface area contributed by atoms with E-state index >= 15 is 0 Å². The van der Waals surface area contributed by atoms with Crippen molar-refractivity contribution in [2.75, 3.05) is 20.1 Å². The Bertz CT molecular complexity index is 1350. The molecule has 2 atom stereocenters. The van der Waals surface area contributed by atoms with Gasteiger partial charge in [0.25, 0.3) is 11.8 Å². The molecule has 3 aromatic rings. The van der Waals surface area contributed by atoms with Gasteiger partial charge in [0.15, 0.2) is 0 Å². The minimum Gasteiger partial charge on any atom is -0.348 e. The van der Waals surface area contributed by atoms with Gasteiger partial charge in [-0.3, -0.25) is 9.59 Å². The zero-order valence-electron chi connectivity index (χ0n) is 21.8. The van der Waals surface area contributed by atoms with Crippen LogP contribution in [-0.4, -0.2) is 48.9 Å².